The Morgan fingerprint density at radius 2 is 2.05 bits per heavy atom. The van der Waals surface area contributed by atoms with Gasteiger partial charge in [-0.2, -0.15) is 0 Å². The van der Waals surface area contributed by atoms with Crippen molar-refractivity contribution in [3.05, 3.63) is 6.07 Å². The van der Waals surface area contributed by atoms with Crippen LogP contribution in [0.3, 0.4) is 0 Å². The molecule has 0 bridgehead atoms. The van der Waals surface area contributed by atoms with Gasteiger partial charge in [-0.25, -0.2) is 0 Å². The zero-order chi connectivity index (χ0) is 14.0. The molecule has 2 heterocycles. The van der Waals surface area contributed by atoms with E-state index in [0.717, 1.165) is 25.9 Å². The molecule has 1 fully saturated rings. The molecule has 0 aromatic carbocycles. The van der Waals surface area contributed by atoms with Crippen molar-refractivity contribution in [2.75, 3.05) is 29.5 Å². The minimum atomic E-state index is -4.99. The van der Waals surface area contributed by atoms with Crippen molar-refractivity contribution in [2.45, 2.75) is 19.3 Å². The van der Waals surface area contributed by atoms with Gasteiger partial charge in [0.1, 0.15) is 0 Å². The van der Waals surface area contributed by atoms with E-state index in [2.05, 4.69) is 9.61 Å². The highest BCUT2D eigenvalue weighted by Crippen LogP contribution is 2.25. The van der Waals surface area contributed by atoms with E-state index in [4.69, 9.17) is 16.4 Å². The highest BCUT2D eigenvalue weighted by molar-refractivity contribution is 7.44. The van der Waals surface area contributed by atoms with Crippen LogP contribution in [0.2, 0.25) is 0 Å². The normalized spacial score (nSPS) is 18.9. The molecule has 9 nitrogen and oxygen atoms in total. The summed E-state index contributed by atoms with van der Waals surface area (Å²) >= 11 is 0. The maximum absolute atomic E-state index is 10.7. The fourth-order valence-electron chi connectivity index (χ4n) is 2.00. The Labute approximate surface area is 110 Å². The van der Waals surface area contributed by atoms with Gasteiger partial charge in [-0.1, -0.05) is 4.98 Å². The van der Waals surface area contributed by atoms with Crippen molar-refractivity contribution in [1.82, 2.24) is 4.98 Å². The number of hydrogen-bond donors (Lipinski definition) is 3. The predicted octanol–water partition coefficient (Wildman–Crippen LogP) is -1.59. The summed E-state index contributed by atoms with van der Waals surface area (Å²) in [4.78, 5) is 25.4. The molecule has 1 aromatic heterocycles. The standard InChI is InChI=1S/C9H16N5O4P/c10-7-6-8(13-4-2-1-3-5-13)12-9(11)14(7)18-19(15,16)17/h6H,1-5H2,(H5,10,11,12,15,16,17). The van der Waals surface area contributed by atoms with Gasteiger partial charge in [-0.05, 0) is 24.0 Å². The van der Waals surface area contributed by atoms with Gasteiger partial charge in [-0.15, -0.1) is 0 Å². The van der Waals surface area contributed by atoms with E-state index >= 15 is 0 Å². The summed E-state index contributed by atoms with van der Waals surface area (Å²) < 4.78 is 15.5. The average molecular weight is 289 g/mol. The molecular formula is C9H16N5O4P. The SMILES string of the molecule is Nc1cc(N2CCCCC2)nc(N)[n+]1OP(=O)([O-])O. The van der Waals surface area contributed by atoms with Gasteiger partial charge >= 0.3 is 13.8 Å². The second-order valence-corrected chi connectivity index (χ2v) is 5.39. The number of rotatable bonds is 3. The van der Waals surface area contributed by atoms with Crippen LogP contribution in [0.5, 0.6) is 0 Å². The topological polar surface area (TPSA) is 142 Å². The molecule has 0 radical (unpaired) electrons. The lowest BCUT2D eigenvalue weighted by Crippen LogP contribution is -2.48. The van der Waals surface area contributed by atoms with Gasteiger partial charge in [0.15, 0.2) is 5.82 Å². The van der Waals surface area contributed by atoms with E-state index in [1.165, 1.54) is 12.5 Å². The number of phosphoric acid groups is 1. The zero-order valence-electron chi connectivity index (χ0n) is 10.2. The van der Waals surface area contributed by atoms with Crippen LogP contribution in [-0.4, -0.2) is 23.0 Å². The molecule has 0 spiro atoms. The van der Waals surface area contributed by atoms with Gasteiger partial charge in [0.05, 0.1) is 6.07 Å². The van der Waals surface area contributed by atoms with Gasteiger partial charge in [0.25, 0.3) is 0 Å². The van der Waals surface area contributed by atoms with Crippen molar-refractivity contribution in [2.24, 2.45) is 0 Å². The van der Waals surface area contributed by atoms with Crippen LogP contribution in [0, 0.1) is 0 Å². The molecule has 1 aliphatic rings. The average Bonchev–Trinajstić information content (AvgIpc) is 2.33. The smallest absolute Gasteiger partial charge is 0.384 e. The first-order valence-electron chi connectivity index (χ1n) is 5.84. The Kier molecular flexibility index (Phi) is 3.79. The van der Waals surface area contributed by atoms with Crippen LogP contribution in [0.25, 0.3) is 0 Å². The number of hydrogen-bond acceptors (Lipinski definition) is 7. The van der Waals surface area contributed by atoms with Crippen LogP contribution in [0.15, 0.2) is 6.07 Å². The lowest BCUT2D eigenvalue weighted by Gasteiger charge is -2.26. The monoisotopic (exact) mass is 289 g/mol. The van der Waals surface area contributed by atoms with E-state index in [1.807, 2.05) is 4.90 Å². The molecule has 1 atom stereocenters. The molecule has 0 amide bonds. The largest absolute Gasteiger partial charge is 0.744 e. The third-order valence-corrected chi connectivity index (χ3v) is 3.18. The van der Waals surface area contributed by atoms with E-state index < -0.39 is 7.82 Å². The second-order valence-electron chi connectivity index (χ2n) is 4.29. The summed E-state index contributed by atoms with van der Waals surface area (Å²) in [7, 11) is -4.99. The number of anilines is 3. The number of nitrogen functional groups attached to an aromatic ring is 2. The molecule has 2 rings (SSSR count). The molecule has 1 aliphatic heterocycles. The lowest BCUT2D eigenvalue weighted by atomic mass is 10.1. The van der Waals surface area contributed by atoms with Crippen LogP contribution in [-0.2, 0) is 4.57 Å². The number of nitrogens with two attached hydrogens (primary N) is 2. The summed E-state index contributed by atoms with van der Waals surface area (Å²) in [6.45, 7) is 1.69. The Hall–Kier alpha value is -1.57. The summed E-state index contributed by atoms with van der Waals surface area (Å²) in [6, 6.07) is 1.46. The van der Waals surface area contributed by atoms with Gasteiger partial charge in [0.2, 0.25) is 5.82 Å². The third-order valence-electron chi connectivity index (χ3n) is 2.81. The maximum Gasteiger partial charge on any atom is 0.384 e. The minimum Gasteiger partial charge on any atom is -0.744 e. The molecule has 1 saturated heterocycles. The molecular weight excluding hydrogens is 273 g/mol. The van der Waals surface area contributed by atoms with Crippen LogP contribution >= 0.6 is 7.82 Å². The predicted molar refractivity (Wildman–Crippen MR) is 65.7 cm³/mol. The highest BCUT2D eigenvalue weighted by atomic mass is 31.2. The molecule has 1 unspecified atom stereocenters. The molecule has 5 N–H and O–H groups in total. The molecule has 106 valence electrons. The van der Waals surface area contributed by atoms with Crippen LogP contribution < -0.4 is 30.6 Å². The number of piperidine rings is 1. The highest BCUT2D eigenvalue weighted by Gasteiger charge is 2.22. The molecule has 0 saturated carbocycles. The molecule has 10 heteroatoms. The summed E-state index contributed by atoms with van der Waals surface area (Å²) in [5, 5.41) is 0. The summed E-state index contributed by atoms with van der Waals surface area (Å²) in [6.07, 6.45) is 3.28. The van der Waals surface area contributed by atoms with Gasteiger partial charge < -0.3 is 26.2 Å². The van der Waals surface area contributed by atoms with E-state index in [1.54, 1.807) is 0 Å². The summed E-state index contributed by atoms with van der Waals surface area (Å²) in [5.41, 5.74) is 11.2. The Bertz CT molecular complexity index is 490. The van der Waals surface area contributed by atoms with Crippen molar-refractivity contribution < 1.29 is 23.7 Å². The minimum absolute atomic E-state index is 0.0572. The molecule has 19 heavy (non-hydrogen) atoms. The lowest BCUT2D eigenvalue weighted by molar-refractivity contribution is -0.842. The first-order chi connectivity index (χ1) is 8.87. The fourth-order valence-corrected chi connectivity index (χ4v) is 2.38. The fraction of sp³-hybridized carbons (Fsp3) is 0.556. The van der Waals surface area contributed by atoms with Crippen molar-refractivity contribution in [1.29, 1.82) is 0 Å². The van der Waals surface area contributed by atoms with E-state index in [9.17, 15) is 9.46 Å². The molecule has 1 aromatic rings. The first-order valence-corrected chi connectivity index (χ1v) is 7.33. The van der Waals surface area contributed by atoms with Crippen molar-refractivity contribution in [3.63, 3.8) is 0 Å². The first kappa shape index (κ1) is 13.9. The van der Waals surface area contributed by atoms with Crippen LogP contribution in [0.4, 0.5) is 17.6 Å². The Morgan fingerprint density at radius 1 is 1.42 bits per heavy atom. The van der Waals surface area contributed by atoms with E-state index in [-0.39, 0.29) is 11.8 Å². The Balaban J connectivity index is 2.28. The van der Waals surface area contributed by atoms with Gasteiger partial charge in [-0.3, -0.25) is 9.19 Å². The number of aromatic nitrogens is 2. The second kappa shape index (κ2) is 5.20. The quantitative estimate of drug-likeness (QED) is 0.446. The maximum atomic E-state index is 10.7. The van der Waals surface area contributed by atoms with Crippen molar-refractivity contribution >= 4 is 25.4 Å². The molecule has 0 aliphatic carbocycles. The van der Waals surface area contributed by atoms with E-state index in [0.29, 0.717) is 10.5 Å². The Morgan fingerprint density at radius 3 is 2.58 bits per heavy atom. The van der Waals surface area contributed by atoms with Crippen molar-refractivity contribution in [3.8, 4) is 0 Å². The summed E-state index contributed by atoms with van der Waals surface area (Å²) in [5.74, 6) is 0.261. The van der Waals surface area contributed by atoms with Gasteiger partial charge in [0, 0.05) is 13.1 Å². The number of nitrogens with zero attached hydrogens (tertiary/aromatic N) is 3. The van der Waals surface area contributed by atoms with Crippen LogP contribution in [0.1, 0.15) is 19.3 Å². The third kappa shape index (κ3) is 3.46. The zero-order valence-corrected chi connectivity index (χ0v) is 11.1.